The van der Waals surface area contributed by atoms with Gasteiger partial charge >= 0.3 is 6.01 Å². The normalized spacial score (nSPS) is 22.2. The fourth-order valence-corrected chi connectivity index (χ4v) is 5.04. The third-order valence-electron chi connectivity index (χ3n) is 6.67. The van der Waals surface area contributed by atoms with Gasteiger partial charge in [-0.2, -0.15) is 5.10 Å². The predicted molar refractivity (Wildman–Crippen MR) is 117 cm³/mol. The summed E-state index contributed by atoms with van der Waals surface area (Å²) in [6.07, 6.45) is 6.80. The summed E-state index contributed by atoms with van der Waals surface area (Å²) in [5, 5.41) is 12.9. The van der Waals surface area contributed by atoms with E-state index in [0.717, 1.165) is 42.8 Å². The first kappa shape index (κ1) is 20.5. The molecule has 0 radical (unpaired) electrons. The number of likely N-dealkylation sites (tertiary alicyclic amines) is 1. The molecule has 1 amide bonds. The second-order valence-corrected chi connectivity index (χ2v) is 9.08. The van der Waals surface area contributed by atoms with Crippen LogP contribution in [0.2, 0.25) is 0 Å². The van der Waals surface area contributed by atoms with Crippen LogP contribution in [0.25, 0.3) is 5.82 Å². The van der Waals surface area contributed by atoms with Crippen molar-refractivity contribution in [3.63, 3.8) is 0 Å². The van der Waals surface area contributed by atoms with Gasteiger partial charge in [-0.25, -0.2) is 14.6 Å². The lowest BCUT2D eigenvalue weighted by molar-refractivity contribution is 0.0735. The molecule has 5 rings (SSSR count). The van der Waals surface area contributed by atoms with Gasteiger partial charge in [0.1, 0.15) is 0 Å². The molecule has 1 saturated heterocycles. The number of hydrogen-bond acceptors (Lipinski definition) is 7. The van der Waals surface area contributed by atoms with E-state index in [2.05, 4.69) is 25.3 Å². The SMILES string of the molecule is Cc1cnc(OCC23CCCC2CN(C(=O)c2ccc(-n4nc(C)cc4C)nn2)C3)nc1. The van der Waals surface area contributed by atoms with E-state index in [-0.39, 0.29) is 11.3 Å². The number of carbonyl (C=O) groups is 1. The molecule has 0 spiro atoms. The molecular weight excluding hydrogens is 406 g/mol. The highest BCUT2D eigenvalue weighted by atomic mass is 16.5. The highest BCUT2D eigenvalue weighted by molar-refractivity contribution is 5.92. The van der Waals surface area contributed by atoms with Crippen LogP contribution in [0, 0.1) is 32.1 Å². The van der Waals surface area contributed by atoms with Crippen molar-refractivity contribution in [2.45, 2.75) is 40.0 Å². The zero-order valence-electron chi connectivity index (χ0n) is 18.7. The van der Waals surface area contributed by atoms with Gasteiger partial charge in [-0.15, -0.1) is 10.2 Å². The van der Waals surface area contributed by atoms with Crippen LogP contribution in [0.1, 0.15) is 46.7 Å². The van der Waals surface area contributed by atoms with Gasteiger partial charge in [0, 0.05) is 36.6 Å². The number of rotatable bonds is 5. The molecule has 9 nitrogen and oxygen atoms in total. The van der Waals surface area contributed by atoms with Gasteiger partial charge in [-0.3, -0.25) is 4.79 Å². The minimum atomic E-state index is -0.0854. The van der Waals surface area contributed by atoms with Gasteiger partial charge < -0.3 is 9.64 Å². The minimum absolute atomic E-state index is 0.0546. The summed E-state index contributed by atoms with van der Waals surface area (Å²) in [6, 6.07) is 5.90. The van der Waals surface area contributed by atoms with Crippen molar-refractivity contribution in [3.8, 4) is 11.8 Å². The Labute approximate surface area is 186 Å². The summed E-state index contributed by atoms with van der Waals surface area (Å²) in [5.41, 5.74) is 3.19. The fourth-order valence-electron chi connectivity index (χ4n) is 5.04. The maximum Gasteiger partial charge on any atom is 0.316 e. The standard InChI is InChI=1S/C23H27N7O2/c1-15-10-24-22(25-11-15)32-14-23-8-4-5-18(23)12-29(13-23)21(31)19-6-7-20(27-26-19)30-17(3)9-16(2)28-30/h6-7,9-11,18H,4-5,8,12-14H2,1-3H3. The zero-order chi connectivity index (χ0) is 22.3. The molecule has 2 aliphatic rings. The number of aryl methyl sites for hydroxylation is 3. The van der Waals surface area contributed by atoms with E-state index in [9.17, 15) is 4.79 Å². The Balaban J connectivity index is 1.28. The average Bonchev–Trinajstić information content (AvgIpc) is 3.44. The number of aromatic nitrogens is 6. The molecule has 2 fully saturated rings. The third kappa shape index (κ3) is 3.72. The zero-order valence-corrected chi connectivity index (χ0v) is 18.7. The van der Waals surface area contributed by atoms with E-state index in [1.165, 1.54) is 0 Å². The van der Waals surface area contributed by atoms with Crippen molar-refractivity contribution in [2.75, 3.05) is 19.7 Å². The van der Waals surface area contributed by atoms with Crippen molar-refractivity contribution in [1.29, 1.82) is 0 Å². The van der Waals surface area contributed by atoms with Crippen molar-refractivity contribution in [1.82, 2.24) is 34.8 Å². The predicted octanol–water partition coefficient (Wildman–Crippen LogP) is 2.70. The summed E-state index contributed by atoms with van der Waals surface area (Å²) in [5.74, 6) is 0.935. The highest BCUT2D eigenvalue weighted by Gasteiger charge is 2.51. The second kappa shape index (κ2) is 7.96. The lowest BCUT2D eigenvalue weighted by Crippen LogP contribution is -2.36. The Hall–Kier alpha value is -3.36. The van der Waals surface area contributed by atoms with Crippen LogP contribution in [0.3, 0.4) is 0 Å². The smallest absolute Gasteiger partial charge is 0.316 e. The molecular formula is C23H27N7O2. The Morgan fingerprint density at radius 3 is 2.69 bits per heavy atom. The van der Waals surface area contributed by atoms with Crippen molar-refractivity contribution in [2.24, 2.45) is 11.3 Å². The first-order valence-electron chi connectivity index (χ1n) is 11.0. The van der Waals surface area contributed by atoms with E-state index >= 15 is 0 Å². The summed E-state index contributed by atoms with van der Waals surface area (Å²) in [6.45, 7) is 7.74. The monoisotopic (exact) mass is 433 g/mol. The van der Waals surface area contributed by atoms with E-state index in [1.54, 1.807) is 29.2 Å². The van der Waals surface area contributed by atoms with Crippen LogP contribution in [0.15, 0.2) is 30.6 Å². The minimum Gasteiger partial charge on any atom is -0.463 e. The quantitative estimate of drug-likeness (QED) is 0.610. The summed E-state index contributed by atoms with van der Waals surface area (Å²) >= 11 is 0. The molecule has 1 saturated carbocycles. The lowest BCUT2D eigenvalue weighted by Gasteiger charge is -2.28. The first-order valence-corrected chi connectivity index (χ1v) is 11.0. The van der Waals surface area contributed by atoms with Crippen LogP contribution >= 0.6 is 0 Å². The number of fused-ring (bicyclic) bond motifs is 1. The number of amides is 1. The van der Waals surface area contributed by atoms with E-state index in [4.69, 9.17) is 4.74 Å². The van der Waals surface area contributed by atoms with Gasteiger partial charge in [0.15, 0.2) is 11.5 Å². The Bertz CT molecular complexity index is 1130. The molecule has 2 atom stereocenters. The van der Waals surface area contributed by atoms with Crippen molar-refractivity contribution in [3.05, 3.63) is 53.2 Å². The van der Waals surface area contributed by atoms with Crippen molar-refractivity contribution < 1.29 is 9.53 Å². The van der Waals surface area contributed by atoms with Gasteiger partial charge in [0.25, 0.3) is 5.91 Å². The molecule has 4 heterocycles. The van der Waals surface area contributed by atoms with Gasteiger partial charge in [0.2, 0.25) is 0 Å². The van der Waals surface area contributed by atoms with Gasteiger partial charge in [-0.05, 0) is 63.3 Å². The number of carbonyl (C=O) groups excluding carboxylic acids is 1. The Kier molecular flexibility index (Phi) is 5.11. The third-order valence-corrected chi connectivity index (χ3v) is 6.67. The molecule has 1 aliphatic carbocycles. The molecule has 3 aromatic heterocycles. The molecule has 0 aromatic carbocycles. The maximum atomic E-state index is 13.2. The van der Waals surface area contributed by atoms with Crippen LogP contribution in [0.5, 0.6) is 6.01 Å². The van der Waals surface area contributed by atoms with Gasteiger partial charge in [0.05, 0.1) is 12.3 Å². The van der Waals surface area contributed by atoms with Gasteiger partial charge in [-0.1, -0.05) is 6.42 Å². The Morgan fingerprint density at radius 1 is 1.19 bits per heavy atom. The fraction of sp³-hybridized carbons (Fsp3) is 0.478. The summed E-state index contributed by atoms with van der Waals surface area (Å²) < 4.78 is 7.70. The molecule has 0 bridgehead atoms. The second-order valence-electron chi connectivity index (χ2n) is 9.08. The van der Waals surface area contributed by atoms with Crippen LogP contribution in [0.4, 0.5) is 0 Å². The molecule has 166 valence electrons. The van der Waals surface area contributed by atoms with Crippen LogP contribution in [-0.4, -0.2) is 60.4 Å². The topological polar surface area (TPSA) is 98.9 Å². The van der Waals surface area contributed by atoms with Crippen LogP contribution < -0.4 is 4.74 Å². The first-order chi connectivity index (χ1) is 15.4. The van der Waals surface area contributed by atoms with E-state index < -0.39 is 0 Å². The lowest BCUT2D eigenvalue weighted by atomic mass is 9.82. The van der Waals surface area contributed by atoms with E-state index in [1.807, 2.05) is 31.7 Å². The number of hydrogen-bond donors (Lipinski definition) is 0. The highest BCUT2D eigenvalue weighted by Crippen LogP contribution is 2.49. The molecule has 2 unspecified atom stereocenters. The van der Waals surface area contributed by atoms with E-state index in [0.29, 0.717) is 36.6 Å². The van der Waals surface area contributed by atoms with Crippen LogP contribution in [-0.2, 0) is 0 Å². The largest absolute Gasteiger partial charge is 0.463 e. The van der Waals surface area contributed by atoms with Crippen molar-refractivity contribution >= 4 is 5.91 Å². The molecule has 3 aromatic rings. The molecule has 0 N–H and O–H groups in total. The summed E-state index contributed by atoms with van der Waals surface area (Å²) in [7, 11) is 0. The number of ether oxygens (including phenoxy) is 1. The number of nitrogens with zero attached hydrogens (tertiary/aromatic N) is 7. The molecule has 1 aliphatic heterocycles. The molecule has 32 heavy (non-hydrogen) atoms. The maximum absolute atomic E-state index is 13.2. The Morgan fingerprint density at radius 2 is 2.00 bits per heavy atom. The summed E-state index contributed by atoms with van der Waals surface area (Å²) in [4.78, 5) is 23.6. The average molecular weight is 434 g/mol. The molecule has 9 heteroatoms.